The first-order valence-corrected chi connectivity index (χ1v) is 8.40. The number of allylic oxidation sites excluding steroid dienone is 1. The van der Waals surface area contributed by atoms with Gasteiger partial charge in [0.1, 0.15) is 0 Å². The fourth-order valence-corrected chi connectivity index (χ4v) is 3.00. The van der Waals surface area contributed by atoms with E-state index in [0.29, 0.717) is 34.0 Å². The van der Waals surface area contributed by atoms with Gasteiger partial charge in [-0.3, -0.25) is 4.79 Å². The molecule has 0 unspecified atom stereocenters. The molecular formula is C20H21N3O4. The van der Waals surface area contributed by atoms with Crippen LogP contribution in [0.3, 0.4) is 0 Å². The smallest absolute Gasteiger partial charge is 0.319 e. The Morgan fingerprint density at radius 3 is 2.41 bits per heavy atom. The van der Waals surface area contributed by atoms with E-state index in [1.165, 1.54) is 7.11 Å². The zero-order valence-corrected chi connectivity index (χ0v) is 15.3. The Bertz CT molecular complexity index is 893. The molecule has 0 saturated heterocycles. The van der Waals surface area contributed by atoms with Gasteiger partial charge in [0, 0.05) is 11.4 Å². The number of carbonyl (C=O) groups is 2. The Morgan fingerprint density at radius 1 is 1.04 bits per heavy atom. The summed E-state index contributed by atoms with van der Waals surface area (Å²) in [5.74, 6) is 0.784. The lowest BCUT2D eigenvalue weighted by atomic mass is 9.94. The molecule has 0 spiro atoms. The minimum atomic E-state index is -0.623. The van der Waals surface area contributed by atoms with Gasteiger partial charge >= 0.3 is 6.03 Å². The molecule has 0 aromatic heterocycles. The first-order chi connectivity index (χ1) is 13.0. The Morgan fingerprint density at radius 2 is 1.74 bits per heavy atom. The number of hydrogen-bond acceptors (Lipinski definition) is 4. The van der Waals surface area contributed by atoms with Gasteiger partial charge in [0.2, 0.25) is 0 Å². The summed E-state index contributed by atoms with van der Waals surface area (Å²) < 4.78 is 10.6. The van der Waals surface area contributed by atoms with Crippen LogP contribution in [0.15, 0.2) is 59.8 Å². The Kier molecular flexibility index (Phi) is 5.30. The summed E-state index contributed by atoms with van der Waals surface area (Å²) in [4.78, 5) is 24.9. The van der Waals surface area contributed by atoms with Crippen LogP contribution in [0.4, 0.5) is 10.5 Å². The second-order valence-corrected chi connectivity index (χ2v) is 6.00. The zero-order valence-electron chi connectivity index (χ0n) is 15.3. The van der Waals surface area contributed by atoms with Gasteiger partial charge in [-0.15, -0.1) is 0 Å². The number of para-hydroxylation sites is 1. The summed E-state index contributed by atoms with van der Waals surface area (Å²) in [6, 6.07) is 13.4. The van der Waals surface area contributed by atoms with Gasteiger partial charge in [-0.1, -0.05) is 24.3 Å². The zero-order chi connectivity index (χ0) is 19.4. The van der Waals surface area contributed by atoms with Crippen LogP contribution in [0, 0.1) is 0 Å². The highest BCUT2D eigenvalue weighted by Crippen LogP contribution is 2.34. The number of methoxy groups -OCH3 is 2. The molecule has 1 atom stereocenters. The summed E-state index contributed by atoms with van der Waals surface area (Å²) in [6.45, 7) is 1.70. The molecule has 27 heavy (non-hydrogen) atoms. The number of anilines is 1. The van der Waals surface area contributed by atoms with E-state index >= 15 is 0 Å². The highest BCUT2D eigenvalue weighted by atomic mass is 16.5. The molecule has 140 valence electrons. The van der Waals surface area contributed by atoms with E-state index in [4.69, 9.17) is 9.47 Å². The van der Waals surface area contributed by atoms with E-state index < -0.39 is 6.04 Å². The number of urea groups is 1. The predicted molar refractivity (Wildman–Crippen MR) is 102 cm³/mol. The van der Waals surface area contributed by atoms with Crippen molar-refractivity contribution in [3.8, 4) is 11.5 Å². The van der Waals surface area contributed by atoms with E-state index in [1.807, 2.05) is 18.2 Å². The van der Waals surface area contributed by atoms with Crippen LogP contribution in [0.2, 0.25) is 0 Å². The van der Waals surface area contributed by atoms with Crippen molar-refractivity contribution in [3.05, 3.63) is 65.4 Å². The van der Waals surface area contributed by atoms with Crippen LogP contribution >= 0.6 is 0 Å². The third-order valence-electron chi connectivity index (χ3n) is 4.29. The second-order valence-electron chi connectivity index (χ2n) is 6.00. The molecule has 1 aliphatic heterocycles. The second kappa shape index (κ2) is 7.82. The average molecular weight is 367 g/mol. The van der Waals surface area contributed by atoms with Crippen LogP contribution in [0.5, 0.6) is 11.5 Å². The normalized spacial score (nSPS) is 16.3. The van der Waals surface area contributed by atoms with Gasteiger partial charge in [-0.05, 0) is 36.8 Å². The molecule has 2 aromatic rings. The number of benzene rings is 2. The van der Waals surface area contributed by atoms with Gasteiger partial charge in [0.25, 0.3) is 5.91 Å². The summed E-state index contributed by atoms with van der Waals surface area (Å²) in [5, 5.41) is 8.33. The van der Waals surface area contributed by atoms with Gasteiger partial charge in [0.15, 0.2) is 11.5 Å². The average Bonchev–Trinajstić information content (AvgIpc) is 2.67. The van der Waals surface area contributed by atoms with Crippen molar-refractivity contribution in [2.75, 3.05) is 19.5 Å². The Hall–Kier alpha value is -3.48. The molecule has 3 amide bonds. The lowest BCUT2D eigenvalue weighted by molar-refractivity contribution is -0.113. The van der Waals surface area contributed by atoms with E-state index in [0.717, 1.165) is 0 Å². The Labute approximate surface area is 157 Å². The SMILES string of the molecule is COc1ccc([C@H]2NC(=O)NC(C)=C2C(=O)Nc2ccccc2)cc1OC. The minimum Gasteiger partial charge on any atom is -0.493 e. The lowest BCUT2D eigenvalue weighted by Crippen LogP contribution is -2.45. The molecule has 7 nitrogen and oxygen atoms in total. The third-order valence-corrected chi connectivity index (χ3v) is 4.29. The number of ether oxygens (including phenoxy) is 2. The number of carbonyl (C=O) groups excluding carboxylic acids is 2. The summed E-state index contributed by atoms with van der Waals surface area (Å²) in [5.41, 5.74) is 2.29. The fraction of sp³-hybridized carbons (Fsp3) is 0.200. The van der Waals surface area contributed by atoms with Crippen LogP contribution in [0.25, 0.3) is 0 Å². The maximum absolute atomic E-state index is 12.9. The van der Waals surface area contributed by atoms with E-state index in [2.05, 4.69) is 16.0 Å². The summed E-state index contributed by atoms with van der Waals surface area (Å²) in [7, 11) is 3.08. The molecule has 1 heterocycles. The number of amides is 3. The quantitative estimate of drug-likeness (QED) is 0.758. The minimum absolute atomic E-state index is 0.300. The topological polar surface area (TPSA) is 88.7 Å². The predicted octanol–water partition coefficient (Wildman–Crippen LogP) is 2.97. The van der Waals surface area contributed by atoms with Crippen LogP contribution < -0.4 is 25.4 Å². The molecular weight excluding hydrogens is 346 g/mol. The number of rotatable bonds is 5. The molecule has 0 saturated carbocycles. The highest BCUT2D eigenvalue weighted by Gasteiger charge is 2.31. The van der Waals surface area contributed by atoms with Crippen molar-refractivity contribution in [2.24, 2.45) is 0 Å². The van der Waals surface area contributed by atoms with Crippen molar-refractivity contribution in [2.45, 2.75) is 13.0 Å². The Balaban J connectivity index is 1.98. The fourth-order valence-electron chi connectivity index (χ4n) is 3.00. The van der Waals surface area contributed by atoms with Gasteiger partial charge in [0.05, 0.1) is 25.8 Å². The molecule has 2 aromatic carbocycles. The molecule has 0 bridgehead atoms. The van der Waals surface area contributed by atoms with E-state index in [9.17, 15) is 9.59 Å². The standard InChI is InChI=1S/C20H21N3O4/c1-12-17(19(24)22-14-7-5-4-6-8-14)18(23-20(25)21-12)13-9-10-15(26-2)16(11-13)27-3/h4-11,18H,1-3H3,(H,22,24)(H2,21,23,25)/t18-/m1/s1. The largest absolute Gasteiger partial charge is 0.493 e. The van der Waals surface area contributed by atoms with Crippen molar-refractivity contribution in [3.63, 3.8) is 0 Å². The highest BCUT2D eigenvalue weighted by molar-refractivity contribution is 6.06. The molecule has 3 N–H and O–H groups in total. The first kappa shape index (κ1) is 18.3. The molecule has 1 aliphatic rings. The van der Waals surface area contributed by atoms with E-state index in [1.54, 1.807) is 44.4 Å². The molecule has 3 rings (SSSR count). The van der Waals surface area contributed by atoms with Gasteiger partial charge < -0.3 is 25.4 Å². The molecule has 0 aliphatic carbocycles. The van der Waals surface area contributed by atoms with Crippen molar-refractivity contribution >= 4 is 17.6 Å². The van der Waals surface area contributed by atoms with Crippen LogP contribution in [0.1, 0.15) is 18.5 Å². The van der Waals surface area contributed by atoms with Crippen molar-refractivity contribution < 1.29 is 19.1 Å². The maximum atomic E-state index is 12.9. The summed E-state index contributed by atoms with van der Waals surface area (Å²) in [6.07, 6.45) is 0. The number of nitrogens with one attached hydrogen (secondary N) is 3. The van der Waals surface area contributed by atoms with Crippen LogP contribution in [-0.4, -0.2) is 26.2 Å². The first-order valence-electron chi connectivity index (χ1n) is 8.40. The van der Waals surface area contributed by atoms with Crippen molar-refractivity contribution in [1.29, 1.82) is 0 Å². The van der Waals surface area contributed by atoms with Crippen LogP contribution in [-0.2, 0) is 4.79 Å². The number of hydrogen-bond donors (Lipinski definition) is 3. The third kappa shape index (κ3) is 3.87. The molecule has 0 radical (unpaired) electrons. The maximum Gasteiger partial charge on any atom is 0.319 e. The van der Waals surface area contributed by atoms with Crippen molar-refractivity contribution in [1.82, 2.24) is 10.6 Å². The summed E-state index contributed by atoms with van der Waals surface area (Å²) >= 11 is 0. The monoisotopic (exact) mass is 367 g/mol. The van der Waals surface area contributed by atoms with Gasteiger partial charge in [-0.2, -0.15) is 0 Å². The van der Waals surface area contributed by atoms with E-state index in [-0.39, 0.29) is 11.9 Å². The molecule has 0 fully saturated rings. The van der Waals surface area contributed by atoms with Gasteiger partial charge in [-0.25, -0.2) is 4.79 Å². The molecule has 7 heteroatoms. The lowest BCUT2D eigenvalue weighted by Gasteiger charge is -2.29.